The van der Waals surface area contributed by atoms with Crippen LogP contribution < -0.4 is 19.9 Å². The van der Waals surface area contributed by atoms with Crippen molar-refractivity contribution < 1.29 is 19.3 Å². The molecule has 0 aliphatic heterocycles. The largest absolute Gasteiger partial charge is 0.493 e. The minimum absolute atomic E-state index is 0.206. The molecule has 0 aromatic heterocycles. The number of nitrogens with zero attached hydrogens (tertiary/aromatic N) is 1. The molecule has 2 atom stereocenters. The van der Waals surface area contributed by atoms with E-state index < -0.39 is 6.10 Å². The van der Waals surface area contributed by atoms with E-state index in [1.807, 2.05) is 72.8 Å². The van der Waals surface area contributed by atoms with Crippen LogP contribution in [-0.4, -0.2) is 36.8 Å². The van der Waals surface area contributed by atoms with Gasteiger partial charge in [-0.05, 0) is 66.3 Å². The molecule has 0 spiro atoms. The van der Waals surface area contributed by atoms with Crippen molar-refractivity contribution in [1.29, 1.82) is 0 Å². The molecule has 210 valence electrons. The number of benzene rings is 4. The lowest BCUT2D eigenvalue weighted by molar-refractivity contribution is 0.0832. The van der Waals surface area contributed by atoms with E-state index in [2.05, 4.69) is 30.0 Å². The topological polar surface area (TPSA) is 77.2 Å². The summed E-state index contributed by atoms with van der Waals surface area (Å²) in [5, 5.41) is 11.4. The summed E-state index contributed by atoms with van der Waals surface area (Å²) < 4.78 is 16.9. The van der Waals surface area contributed by atoms with E-state index >= 15 is 0 Å². The molecule has 6 nitrogen and oxygen atoms in total. The second-order valence-corrected chi connectivity index (χ2v) is 10.1. The van der Waals surface area contributed by atoms with Crippen LogP contribution in [0.15, 0.2) is 97.1 Å². The normalized spacial score (nSPS) is 12.6. The van der Waals surface area contributed by atoms with E-state index in [1.54, 1.807) is 20.3 Å². The Kier molecular flexibility index (Phi) is 10.4. The third-order valence-corrected chi connectivity index (χ3v) is 7.14. The van der Waals surface area contributed by atoms with E-state index in [1.165, 1.54) is 11.1 Å². The van der Waals surface area contributed by atoms with Crippen molar-refractivity contribution in [2.45, 2.75) is 45.1 Å². The minimum atomic E-state index is -0.727. The molecular weight excluding hydrogens is 500 g/mol. The van der Waals surface area contributed by atoms with Crippen molar-refractivity contribution in [3.8, 4) is 17.2 Å². The van der Waals surface area contributed by atoms with Gasteiger partial charge in [-0.1, -0.05) is 66.7 Å². The molecule has 6 heteroatoms. The molecule has 4 aromatic carbocycles. The third kappa shape index (κ3) is 8.25. The average Bonchev–Trinajstić information content (AvgIpc) is 2.99. The molecule has 0 aliphatic carbocycles. The van der Waals surface area contributed by atoms with E-state index in [-0.39, 0.29) is 6.04 Å². The summed E-state index contributed by atoms with van der Waals surface area (Å²) in [5.41, 5.74) is 11.0. The highest BCUT2D eigenvalue weighted by Gasteiger charge is 2.21. The smallest absolute Gasteiger partial charge is 0.160 e. The zero-order valence-electron chi connectivity index (χ0n) is 23.6. The Morgan fingerprint density at radius 3 is 2.12 bits per heavy atom. The van der Waals surface area contributed by atoms with E-state index in [4.69, 9.17) is 19.9 Å². The summed E-state index contributed by atoms with van der Waals surface area (Å²) in [6.07, 6.45) is 1.06. The predicted molar refractivity (Wildman–Crippen MR) is 161 cm³/mol. The maximum atomic E-state index is 11.4. The molecule has 0 amide bonds. The lowest BCUT2D eigenvalue weighted by Gasteiger charge is -2.31. The summed E-state index contributed by atoms with van der Waals surface area (Å²) in [6.45, 7) is 3.84. The summed E-state index contributed by atoms with van der Waals surface area (Å²) >= 11 is 0. The molecule has 4 rings (SSSR count). The minimum Gasteiger partial charge on any atom is -0.493 e. The van der Waals surface area contributed by atoms with Crippen molar-refractivity contribution in [2.75, 3.05) is 26.5 Å². The quantitative estimate of drug-likeness (QED) is 0.180. The van der Waals surface area contributed by atoms with Crippen molar-refractivity contribution in [2.24, 2.45) is 0 Å². The fourth-order valence-corrected chi connectivity index (χ4v) is 4.80. The van der Waals surface area contributed by atoms with Gasteiger partial charge >= 0.3 is 0 Å². The lowest BCUT2D eigenvalue weighted by Crippen LogP contribution is -2.36. The van der Waals surface area contributed by atoms with Gasteiger partial charge in [-0.15, -0.1) is 0 Å². The summed E-state index contributed by atoms with van der Waals surface area (Å²) in [6, 6.07) is 32.1. The second kappa shape index (κ2) is 14.4. The van der Waals surface area contributed by atoms with E-state index in [9.17, 15) is 5.11 Å². The molecule has 40 heavy (non-hydrogen) atoms. The SMILES string of the molecule is COc1ccc(CCC(C)N(Cc2ccccc2)CC(O)c2cc(N)cc(OCc3ccccc3)c2)cc1OC. The number of hydrogen-bond donors (Lipinski definition) is 2. The van der Waals surface area contributed by atoms with Gasteiger partial charge in [0.05, 0.1) is 20.3 Å². The standard InChI is InChI=1S/C34H40N2O4/c1-25(14-15-26-16-17-33(38-2)34(18-26)39-3)36(22-27-10-6-4-7-11-27)23-32(37)29-19-30(35)21-31(20-29)40-24-28-12-8-5-9-13-28/h4-13,16-21,25,32,37H,14-15,22-24,35H2,1-3H3. The van der Waals surface area contributed by atoms with E-state index in [0.29, 0.717) is 24.6 Å². The van der Waals surface area contributed by atoms with Gasteiger partial charge in [0.25, 0.3) is 0 Å². The van der Waals surface area contributed by atoms with Crippen molar-refractivity contribution in [3.05, 3.63) is 119 Å². The fraction of sp³-hybridized carbons (Fsp3) is 0.294. The molecule has 3 N–H and O–H groups in total. The Hall–Kier alpha value is -4.00. The zero-order chi connectivity index (χ0) is 28.3. The predicted octanol–water partition coefficient (Wildman–Crippen LogP) is 6.42. The molecule has 4 aromatic rings. The Balaban J connectivity index is 1.46. The maximum absolute atomic E-state index is 11.4. The molecule has 0 bridgehead atoms. The first-order valence-electron chi connectivity index (χ1n) is 13.7. The summed E-state index contributed by atoms with van der Waals surface area (Å²) in [5.74, 6) is 2.10. The number of aliphatic hydroxyl groups is 1. The molecular formula is C34H40N2O4. The van der Waals surface area contributed by atoms with Gasteiger partial charge in [0.15, 0.2) is 11.5 Å². The number of nitrogens with two attached hydrogens (primary N) is 1. The first-order valence-corrected chi connectivity index (χ1v) is 13.7. The number of anilines is 1. The Bertz CT molecular complexity index is 1330. The zero-order valence-corrected chi connectivity index (χ0v) is 23.6. The van der Waals surface area contributed by atoms with Gasteiger partial charge in [0.1, 0.15) is 12.4 Å². The average molecular weight is 541 g/mol. The summed E-state index contributed by atoms with van der Waals surface area (Å²) in [4.78, 5) is 2.33. The Labute approximate surface area is 237 Å². The van der Waals surface area contributed by atoms with E-state index in [0.717, 1.165) is 42.0 Å². The van der Waals surface area contributed by atoms with Crippen LogP contribution in [0.2, 0.25) is 0 Å². The highest BCUT2D eigenvalue weighted by Crippen LogP contribution is 2.29. The van der Waals surface area contributed by atoms with Crippen molar-refractivity contribution >= 4 is 5.69 Å². The van der Waals surface area contributed by atoms with Crippen LogP contribution in [0.25, 0.3) is 0 Å². The van der Waals surface area contributed by atoms with Gasteiger partial charge in [-0.2, -0.15) is 0 Å². The molecule has 2 unspecified atom stereocenters. The monoisotopic (exact) mass is 540 g/mol. The first kappa shape index (κ1) is 29.0. The van der Waals surface area contributed by atoms with Crippen molar-refractivity contribution in [3.63, 3.8) is 0 Å². The molecule has 0 heterocycles. The first-order chi connectivity index (χ1) is 19.4. The number of methoxy groups -OCH3 is 2. The van der Waals surface area contributed by atoms with Crippen LogP contribution in [0.4, 0.5) is 5.69 Å². The molecule has 0 saturated heterocycles. The Morgan fingerprint density at radius 1 is 0.775 bits per heavy atom. The van der Waals surface area contributed by atoms with Gasteiger partial charge in [0.2, 0.25) is 0 Å². The number of hydrogen-bond acceptors (Lipinski definition) is 6. The van der Waals surface area contributed by atoms with Crippen LogP contribution in [0.5, 0.6) is 17.2 Å². The van der Waals surface area contributed by atoms with Gasteiger partial charge in [-0.3, -0.25) is 4.90 Å². The van der Waals surface area contributed by atoms with Crippen molar-refractivity contribution in [1.82, 2.24) is 4.90 Å². The highest BCUT2D eigenvalue weighted by atomic mass is 16.5. The van der Waals surface area contributed by atoms with Crippen LogP contribution in [0.3, 0.4) is 0 Å². The maximum Gasteiger partial charge on any atom is 0.160 e. The number of rotatable bonds is 14. The van der Waals surface area contributed by atoms with Crippen LogP contribution in [0, 0.1) is 0 Å². The number of ether oxygens (including phenoxy) is 3. The fourth-order valence-electron chi connectivity index (χ4n) is 4.80. The Morgan fingerprint density at radius 2 is 1.45 bits per heavy atom. The van der Waals surface area contributed by atoms with Gasteiger partial charge < -0.3 is 25.1 Å². The summed E-state index contributed by atoms with van der Waals surface area (Å²) in [7, 11) is 3.30. The molecule has 0 aliphatic rings. The number of nitrogen functional groups attached to an aromatic ring is 1. The van der Waals surface area contributed by atoms with Crippen LogP contribution in [0.1, 0.15) is 41.7 Å². The third-order valence-electron chi connectivity index (χ3n) is 7.14. The van der Waals surface area contributed by atoms with Crippen LogP contribution >= 0.6 is 0 Å². The number of aliphatic hydroxyl groups excluding tert-OH is 1. The highest BCUT2D eigenvalue weighted by molar-refractivity contribution is 5.48. The van der Waals surface area contributed by atoms with Crippen LogP contribution in [-0.2, 0) is 19.6 Å². The molecule has 0 fully saturated rings. The lowest BCUT2D eigenvalue weighted by atomic mass is 10.0. The molecule has 0 radical (unpaired) electrons. The van der Waals surface area contributed by atoms with Gasteiger partial charge in [0, 0.05) is 30.9 Å². The second-order valence-electron chi connectivity index (χ2n) is 10.1. The molecule has 0 saturated carbocycles. The van der Waals surface area contributed by atoms with Gasteiger partial charge in [-0.25, -0.2) is 0 Å². The number of aryl methyl sites for hydroxylation is 1.